The number of nitrogens with zero attached hydrogens (tertiary/aromatic N) is 1. The van der Waals surface area contributed by atoms with Crippen LogP contribution in [0.3, 0.4) is 0 Å². The van der Waals surface area contributed by atoms with Gasteiger partial charge in [-0.05, 0) is 32.4 Å². The maximum Gasteiger partial charge on any atom is 0.340 e. The molecule has 0 spiro atoms. The molecule has 1 aromatic carbocycles. The second-order valence-corrected chi connectivity index (χ2v) is 10.8. The van der Waals surface area contributed by atoms with E-state index in [9.17, 15) is 29.8 Å². The number of carbonyl (C=O) groups is 2. The number of nitroso groups, excluding NO2 is 1. The van der Waals surface area contributed by atoms with Crippen LogP contribution >= 0.6 is 35.1 Å². The molecule has 5 N–H and O–H groups in total. The third-order valence-corrected chi connectivity index (χ3v) is 6.68. The van der Waals surface area contributed by atoms with Crippen molar-refractivity contribution in [3.05, 3.63) is 56.6 Å². The summed E-state index contributed by atoms with van der Waals surface area (Å²) in [5.41, 5.74) is -5.05. The molecule has 0 bridgehead atoms. The summed E-state index contributed by atoms with van der Waals surface area (Å²) < 4.78 is 2.01. The molecule has 2 atom stereocenters. The molecule has 0 saturated carbocycles. The zero-order valence-corrected chi connectivity index (χ0v) is 21.2. The summed E-state index contributed by atoms with van der Waals surface area (Å²) in [5.74, 6) is -2.42. The summed E-state index contributed by atoms with van der Waals surface area (Å²) in [6, 6.07) is 4.64. The van der Waals surface area contributed by atoms with E-state index in [0.717, 1.165) is 11.9 Å². The molecule has 1 aliphatic carbocycles. The highest BCUT2D eigenvalue weighted by molar-refractivity contribution is 7.99. The number of carbonyl (C=O) groups excluding carboxylic acids is 1. The van der Waals surface area contributed by atoms with Crippen molar-refractivity contribution in [1.82, 2.24) is 5.32 Å². The molecule has 1 amide bonds. The van der Waals surface area contributed by atoms with Crippen LogP contribution in [0.25, 0.3) is 0 Å². The molecule has 34 heavy (non-hydrogen) atoms. The fraction of sp³-hybridized carbons (Fsp3) is 0.455. The molecule has 0 aromatic heterocycles. The third kappa shape index (κ3) is 5.92. The normalized spacial score (nSPS) is 20.0. The molecule has 0 unspecified atom stereocenters. The lowest BCUT2D eigenvalue weighted by molar-refractivity contribution is -0.155. The van der Waals surface area contributed by atoms with Crippen LogP contribution in [0.5, 0.6) is 0 Å². The van der Waals surface area contributed by atoms with Crippen molar-refractivity contribution in [2.75, 3.05) is 11.9 Å². The number of rotatable bonds is 11. The van der Waals surface area contributed by atoms with E-state index in [-0.39, 0.29) is 46.4 Å². The minimum absolute atomic E-state index is 0.0259. The van der Waals surface area contributed by atoms with Crippen molar-refractivity contribution in [2.45, 2.75) is 56.0 Å². The molecule has 9 nitrogen and oxygen atoms in total. The van der Waals surface area contributed by atoms with Gasteiger partial charge in [-0.1, -0.05) is 54.8 Å². The van der Waals surface area contributed by atoms with Crippen LogP contribution in [0.4, 0.5) is 5.69 Å². The smallest absolute Gasteiger partial charge is 0.340 e. The summed E-state index contributed by atoms with van der Waals surface area (Å²) in [7, 11) is 0. The lowest BCUT2D eigenvalue weighted by Gasteiger charge is -2.38. The van der Waals surface area contributed by atoms with Gasteiger partial charge in [-0.3, -0.25) is 4.79 Å². The highest BCUT2D eigenvalue weighted by Crippen LogP contribution is 2.41. The maximum atomic E-state index is 13.3. The lowest BCUT2D eigenvalue weighted by Crippen LogP contribution is -2.55. The molecule has 0 aliphatic heterocycles. The number of aliphatic hydroxyl groups is 2. The molecule has 186 valence electrons. The number of halogens is 2. The summed E-state index contributed by atoms with van der Waals surface area (Å²) in [4.78, 5) is 36.0. The van der Waals surface area contributed by atoms with Gasteiger partial charge in [-0.25, -0.2) is 4.79 Å². The van der Waals surface area contributed by atoms with Gasteiger partial charge in [0.15, 0.2) is 11.2 Å². The maximum absolute atomic E-state index is 13.3. The van der Waals surface area contributed by atoms with Gasteiger partial charge in [-0.2, -0.15) is 0 Å². The van der Waals surface area contributed by atoms with Crippen LogP contribution in [0, 0.1) is 4.91 Å². The number of aliphatic carboxylic acids is 1. The Kier molecular flexibility index (Phi) is 9.17. The molecule has 0 radical (unpaired) electrons. The molecule has 0 fully saturated rings. The van der Waals surface area contributed by atoms with E-state index in [1.165, 1.54) is 24.3 Å². The Morgan fingerprint density at radius 1 is 1.26 bits per heavy atom. The van der Waals surface area contributed by atoms with E-state index in [0.29, 0.717) is 6.42 Å². The van der Waals surface area contributed by atoms with Crippen LogP contribution in [0.15, 0.2) is 46.2 Å². The standard InChI is InChI=1S/C22H27Cl2N3O6S/c1-4-10-21(31,19(29)30)13-7-6-11-22(32,18(28)25-12-20(2,3)34-27-33)17(13)26-16-14(23)8-5-9-15(16)24/h5-9,26,31-32H,4,10-12H2,1-3H3,(H,25,28)(H,29,30)/t21-,22-/m1/s1. The van der Waals surface area contributed by atoms with Crippen molar-refractivity contribution < 1.29 is 24.9 Å². The quantitative estimate of drug-likeness (QED) is 0.210. The van der Waals surface area contributed by atoms with E-state index in [4.69, 9.17) is 23.2 Å². The fourth-order valence-electron chi connectivity index (χ4n) is 3.51. The van der Waals surface area contributed by atoms with Crippen LogP contribution in [-0.2, 0) is 9.59 Å². The second kappa shape index (κ2) is 11.1. The second-order valence-electron chi connectivity index (χ2n) is 8.50. The summed E-state index contributed by atoms with van der Waals surface area (Å²) in [6.45, 7) is 5.03. The van der Waals surface area contributed by atoms with Gasteiger partial charge in [0.25, 0.3) is 5.91 Å². The molecule has 12 heteroatoms. The minimum atomic E-state index is -2.41. The molecule has 0 saturated heterocycles. The van der Waals surface area contributed by atoms with Gasteiger partial charge in [0.2, 0.25) is 0 Å². The first kappa shape index (κ1) is 28.1. The number of benzene rings is 1. The zero-order chi connectivity index (χ0) is 25.7. The average Bonchev–Trinajstić information content (AvgIpc) is 2.75. The predicted octanol–water partition coefficient (Wildman–Crippen LogP) is 4.28. The highest BCUT2D eigenvalue weighted by Gasteiger charge is 2.49. The Morgan fingerprint density at radius 2 is 1.88 bits per heavy atom. The third-order valence-electron chi connectivity index (χ3n) is 5.34. The Labute approximate surface area is 211 Å². The van der Waals surface area contributed by atoms with Gasteiger partial charge < -0.3 is 26.0 Å². The fourth-order valence-corrected chi connectivity index (χ4v) is 4.34. The van der Waals surface area contributed by atoms with Crippen LogP contribution in [-0.4, -0.2) is 49.7 Å². The molecular formula is C22H27Cl2N3O6S. The largest absolute Gasteiger partial charge is 0.479 e. The lowest BCUT2D eigenvalue weighted by atomic mass is 9.78. The number of hydrogen-bond donors (Lipinski definition) is 5. The van der Waals surface area contributed by atoms with Crippen molar-refractivity contribution in [1.29, 1.82) is 0 Å². The minimum Gasteiger partial charge on any atom is -0.479 e. The first-order chi connectivity index (χ1) is 15.8. The topological polar surface area (TPSA) is 148 Å². The molecule has 1 aromatic rings. The summed E-state index contributed by atoms with van der Waals surface area (Å²) in [6.07, 6.45) is 2.65. The molecule has 0 heterocycles. The zero-order valence-electron chi connectivity index (χ0n) is 18.9. The van der Waals surface area contributed by atoms with Crippen molar-refractivity contribution in [3.8, 4) is 0 Å². The first-order valence-corrected chi connectivity index (χ1v) is 12.0. The first-order valence-electron chi connectivity index (χ1n) is 10.4. The van der Waals surface area contributed by atoms with Crippen molar-refractivity contribution in [2.24, 2.45) is 4.58 Å². The van der Waals surface area contributed by atoms with E-state index in [1.807, 2.05) is 0 Å². The highest BCUT2D eigenvalue weighted by atomic mass is 35.5. The Hall–Kier alpha value is -2.11. The molecule has 1 aliphatic rings. The van der Waals surface area contributed by atoms with E-state index < -0.39 is 27.8 Å². The SMILES string of the molecule is CCC[C@](O)(C(=O)O)C1=C(Nc2c(Cl)cccc2Cl)[C@@](O)(C(=O)NCC(C)(C)SN=O)CC=C1. The number of carboxylic acids is 1. The molecular weight excluding hydrogens is 505 g/mol. The number of hydrogen-bond acceptors (Lipinski definition) is 8. The number of para-hydroxylation sites is 1. The van der Waals surface area contributed by atoms with Crippen LogP contribution in [0.2, 0.25) is 10.0 Å². The molecule has 2 rings (SSSR count). The average molecular weight is 532 g/mol. The van der Waals surface area contributed by atoms with E-state index in [1.54, 1.807) is 26.8 Å². The van der Waals surface area contributed by atoms with Gasteiger partial charge in [-0.15, -0.1) is 4.91 Å². The van der Waals surface area contributed by atoms with Crippen LogP contribution < -0.4 is 10.6 Å². The predicted molar refractivity (Wildman–Crippen MR) is 134 cm³/mol. The summed E-state index contributed by atoms with van der Waals surface area (Å²) in [5, 5.41) is 38.3. The van der Waals surface area contributed by atoms with Gasteiger partial charge >= 0.3 is 5.97 Å². The summed E-state index contributed by atoms with van der Waals surface area (Å²) >= 11 is 13.3. The Morgan fingerprint density at radius 3 is 2.41 bits per heavy atom. The monoisotopic (exact) mass is 531 g/mol. The van der Waals surface area contributed by atoms with Gasteiger partial charge in [0.1, 0.15) is 0 Å². The Bertz CT molecular complexity index is 1010. The number of carboxylic acid groups (broad SMARTS) is 1. The van der Waals surface area contributed by atoms with E-state index in [2.05, 4.69) is 15.2 Å². The Balaban J connectivity index is 2.66. The van der Waals surface area contributed by atoms with Crippen molar-refractivity contribution in [3.63, 3.8) is 0 Å². The number of anilines is 1. The van der Waals surface area contributed by atoms with Crippen molar-refractivity contribution >= 4 is 52.7 Å². The number of amides is 1. The van der Waals surface area contributed by atoms with Gasteiger partial charge in [0.05, 0.1) is 26.2 Å². The van der Waals surface area contributed by atoms with Gasteiger partial charge in [0, 0.05) is 35.1 Å². The van der Waals surface area contributed by atoms with E-state index >= 15 is 0 Å². The number of nitrogens with one attached hydrogen (secondary N) is 2. The van der Waals surface area contributed by atoms with Crippen LogP contribution in [0.1, 0.15) is 40.0 Å².